The van der Waals surface area contributed by atoms with Gasteiger partial charge in [-0.25, -0.2) is 4.79 Å². The second kappa shape index (κ2) is 8.86. The number of benzene rings is 1. The number of nitrogens with two attached hydrogens (primary N) is 1. The number of ether oxygens (including phenoxy) is 1. The van der Waals surface area contributed by atoms with E-state index < -0.39 is 6.03 Å². The van der Waals surface area contributed by atoms with E-state index in [-0.39, 0.29) is 24.6 Å². The zero-order valence-corrected chi connectivity index (χ0v) is 14.4. The Hall–Kier alpha value is -1.83. The highest BCUT2D eigenvalue weighted by Gasteiger charge is 2.26. The average molecular weight is 355 g/mol. The van der Waals surface area contributed by atoms with E-state index in [1.807, 2.05) is 19.1 Å². The van der Waals surface area contributed by atoms with E-state index in [0.29, 0.717) is 31.3 Å². The summed E-state index contributed by atoms with van der Waals surface area (Å²) in [6.45, 7) is 3.57. The van der Waals surface area contributed by atoms with Gasteiger partial charge in [0.2, 0.25) is 5.91 Å². The van der Waals surface area contributed by atoms with Crippen molar-refractivity contribution in [2.24, 2.45) is 5.73 Å². The van der Waals surface area contributed by atoms with Crippen molar-refractivity contribution in [2.75, 3.05) is 26.2 Å². The maximum atomic E-state index is 12.2. The molecular formula is C16H23ClN4O3. The molecule has 1 saturated heterocycles. The number of carbonyl (C=O) groups excluding carboxylic acids is 2. The minimum atomic E-state index is -0.393. The average Bonchev–Trinajstić information content (AvgIpc) is 2.59. The number of nitrogens with zero attached hydrogens (tertiary/aromatic N) is 1. The third-order valence-electron chi connectivity index (χ3n) is 3.80. The summed E-state index contributed by atoms with van der Waals surface area (Å²) in [5.74, 6) is -0.148. The minimum absolute atomic E-state index is 0.0574. The maximum absolute atomic E-state index is 12.2. The van der Waals surface area contributed by atoms with Crippen molar-refractivity contribution in [3.05, 3.63) is 34.9 Å². The molecule has 2 unspecified atom stereocenters. The van der Waals surface area contributed by atoms with Gasteiger partial charge in [-0.3, -0.25) is 4.79 Å². The normalized spacial score (nSPS) is 18.8. The van der Waals surface area contributed by atoms with E-state index in [0.717, 1.165) is 5.56 Å². The molecule has 1 aromatic rings. The lowest BCUT2D eigenvalue weighted by Crippen LogP contribution is -2.53. The first-order valence-corrected chi connectivity index (χ1v) is 8.24. The lowest BCUT2D eigenvalue weighted by molar-refractivity contribution is -0.138. The van der Waals surface area contributed by atoms with Gasteiger partial charge in [-0.2, -0.15) is 0 Å². The Morgan fingerprint density at radius 1 is 1.38 bits per heavy atom. The van der Waals surface area contributed by atoms with Crippen molar-refractivity contribution in [3.63, 3.8) is 0 Å². The van der Waals surface area contributed by atoms with E-state index in [2.05, 4.69) is 10.6 Å². The van der Waals surface area contributed by atoms with E-state index in [9.17, 15) is 9.59 Å². The van der Waals surface area contributed by atoms with Gasteiger partial charge in [0.15, 0.2) is 0 Å². The molecule has 3 amide bonds. The monoisotopic (exact) mass is 354 g/mol. The Kier molecular flexibility index (Phi) is 6.84. The zero-order valence-electron chi connectivity index (χ0n) is 13.6. The van der Waals surface area contributed by atoms with E-state index in [1.54, 1.807) is 17.0 Å². The number of carbonyl (C=O) groups is 2. The standard InChI is InChI=1S/C16H23ClN4O3/c1-11(18)14-10-21(6-7-24-14)15(22)9-20-16(23)19-8-12-2-4-13(17)5-3-12/h2-5,11,14H,6-10,18H2,1H3,(H2,19,20,23). The number of halogens is 1. The summed E-state index contributed by atoms with van der Waals surface area (Å²) in [4.78, 5) is 25.6. The summed E-state index contributed by atoms with van der Waals surface area (Å²) in [6, 6.07) is 6.64. The molecule has 7 nitrogen and oxygen atoms in total. The lowest BCUT2D eigenvalue weighted by Gasteiger charge is -2.34. The van der Waals surface area contributed by atoms with Crippen LogP contribution in [0, 0.1) is 0 Å². The second-order valence-electron chi connectivity index (χ2n) is 5.77. The molecule has 24 heavy (non-hydrogen) atoms. The first kappa shape index (κ1) is 18.5. The van der Waals surface area contributed by atoms with Crippen LogP contribution < -0.4 is 16.4 Å². The SMILES string of the molecule is CC(N)C1CN(C(=O)CNC(=O)NCc2ccc(Cl)cc2)CCO1. The Morgan fingerprint density at radius 3 is 2.75 bits per heavy atom. The van der Waals surface area contributed by atoms with Crippen molar-refractivity contribution in [2.45, 2.75) is 25.6 Å². The quantitative estimate of drug-likeness (QED) is 0.725. The number of nitrogens with one attached hydrogen (secondary N) is 2. The molecule has 0 aromatic heterocycles. The number of hydrogen-bond donors (Lipinski definition) is 3. The largest absolute Gasteiger partial charge is 0.373 e. The van der Waals surface area contributed by atoms with Crippen molar-refractivity contribution >= 4 is 23.5 Å². The molecule has 0 radical (unpaired) electrons. The molecule has 2 atom stereocenters. The summed E-state index contributed by atoms with van der Waals surface area (Å²) in [5, 5.41) is 5.90. The molecule has 132 valence electrons. The van der Waals surface area contributed by atoms with Gasteiger partial charge >= 0.3 is 6.03 Å². The highest BCUT2D eigenvalue weighted by Crippen LogP contribution is 2.09. The van der Waals surface area contributed by atoms with Crippen molar-refractivity contribution in [1.82, 2.24) is 15.5 Å². The number of amides is 3. The molecule has 0 spiro atoms. The summed E-state index contributed by atoms with van der Waals surface area (Å²) < 4.78 is 5.51. The number of hydrogen-bond acceptors (Lipinski definition) is 4. The Morgan fingerprint density at radius 2 is 2.08 bits per heavy atom. The van der Waals surface area contributed by atoms with Crippen LogP contribution in [0.15, 0.2) is 24.3 Å². The van der Waals surface area contributed by atoms with Gasteiger partial charge in [0, 0.05) is 30.7 Å². The van der Waals surface area contributed by atoms with Gasteiger partial charge in [-0.15, -0.1) is 0 Å². The highest BCUT2D eigenvalue weighted by molar-refractivity contribution is 6.30. The number of rotatable bonds is 5. The highest BCUT2D eigenvalue weighted by atomic mass is 35.5. The van der Waals surface area contributed by atoms with Crippen LogP contribution in [0.1, 0.15) is 12.5 Å². The van der Waals surface area contributed by atoms with Crippen molar-refractivity contribution < 1.29 is 14.3 Å². The van der Waals surface area contributed by atoms with E-state index in [1.165, 1.54) is 0 Å². The molecule has 1 aliphatic rings. The number of urea groups is 1. The van der Waals surface area contributed by atoms with Gasteiger partial charge in [-0.05, 0) is 24.6 Å². The Balaban J connectivity index is 1.71. The molecule has 8 heteroatoms. The molecule has 0 aliphatic carbocycles. The summed E-state index contributed by atoms with van der Waals surface area (Å²) in [7, 11) is 0. The Bertz CT molecular complexity index is 565. The van der Waals surface area contributed by atoms with Gasteiger partial charge < -0.3 is 26.0 Å². The molecule has 0 saturated carbocycles. The molecule has 1 aromatic carbocycles. The summed E-state index contributed by atoms with van der Waals surface area (Å²) in [6.07, 6.45) is -0.165. The first-order valence-electron chi connectivity index (χ1n) is 7.87. The molecule has 2 rings (SSSR count). The van der Waals surface area contributed by atoms with E-state index >= 15 is 0 Å². The molecule has 1 aliphatic heterocycles. The van der Waals surface area contributed by atoms with Crippen LogP contribution in [0.2, 0.25) is 5.02 Å². The van der Waals surface area contributed by atoms with Gasteiger partial charge in [0.1, 0.15) is 0 Å². The van der Waals surface area contributed by atoms with Crippen LogP contribution >= 0.6 is 11.6 Å². The van der Waals surface area contributed by atoms with Gasteiger partial charge in [0.25, 0.3) is 0 Å². The number of morpholine rings is 1. The second-order valence-corrected chi connectivity index (χ2v) is 6.21. The predicted molar refractivity (Wildman–Crippen MR) is 91.7 cm³/mol. The van der Waals surface area contributed by atoms with Gasteiger partial charge in [0.05, 0.1) is 19.3 Å². The predicted octanol–water partition coefficient (Wildman–Crippen LogP) is 0.714. The lowest BCUT2D eigenvalue weighted by atomic mass is 10.1. The van der Waals surface area contributed by atoms with Gasteiger partial charge in [-0.1, -0.05) is 23.7 Å². The van der Waals surface area contributed by atoms with Crippen LogP contribution in [-0.4, -0.2) is 55.2 Å². The molecule has 1 fully saturated rings. The molecule has 0 bridgehead atoms. The fourth-order valence-electron chi connectivity index (χ4n) is 2.33. The van der Waals surface area contributed by atoms with Crippen LogP contribution in [0.4, 0.5) is 4.79 Å². The van der Waals surface area contributed by atoms with Crippen LogP contribution in [0.3, 0.4) is 0 Å². The topological polar surface area (TPSA) is 96.7 Å². The fourth-order valence-corrected chi connectivity index (χ4v) is 2.46. The maximum Gasteiger partial charge on any atom is 0.315 e. The molecule has 1 heterocycles. The first-order chi connectivity index (χ1) is 11.5. The molecule has 4 N–H and O–H groups in total. The third kappa shape index (κ3) is 5.67. The van der Waals surface area contributed by atoms with Crippen molar-refractivity contribution in [1.29, 1.82) is 0 Å². The van der Waals surface area contributed by atoms with Crippen LogP contribution in [-0.2, 0) is 16.1 Å². The van der Waals surface area contributed by atoms with Crippen molar-refractivity contribution in [3.8, 4) is 0 Å². The summed E-state index contributed by atoms with van der Waals surface area (Å²) in [5.41, 5.74) is 6.73. The zero-order chi connectivity index (χ0) is 17.5. The van der Waals surface area contributed by atoms with E-state index in [4.69, 9.17) is 22.1 Å². The Labute approximate surface area is 146 Å². The molecular weight excluding hydrogens is 332 g/mol. The smallest absolute Gasteiger partial charge is 0.315 e. The summed E-state index contributed by atoms with van der Waals surface area (Å²) >= 11 is 5.80. The minimum Gasteiger partial charge on any atom is -0.373 e. The van der Waals surface area contributed by atoms with Crippen LogP contribution in [0.25, 0.3) is 0 Å². The fraction of sp³-hybridized carbons (Fsp3) is 0.500. The third-order valence-corrected chi connectivity index (χ3v) is 4.05. The van der Waals surface area contributed by atoms with Crippen LogP contribution in [0.5, 0.6) is 0 Å².